The smallest absolute Gasteiger partial charge is 0.317 e. The molecule has 2 rings (SSSR count). The normalized spacial score (nSPS) is 13.1. The summed E-state index contributed by atoms with van der Waals surface area (Å²) < 4.78 is 1.97. The van der Waals surface area contributed by atoms with E-state index in [1.54, 1.807) is 0 Å². The highest BCUT2D eigenvalue weighted by molar-refractivity contribution is 8.00. The van der Waals surface area contributed by atoms with E-state index in [1.165, 1.54) is 17.3 Å². The molecule has 20 heavy (non-hydrogen) atoms. The van der Waals surface area contributed by atoms with Crippen molar-refractivity contribution in [2.75, 3.05) is 0 Å². The third-order valence-electron chi connectivity index (χ3n) is 3.39. The fourth-order valence-corrected chi connectivity index (χ4v) is 3.14. The fraction of sp³-hybridized carbons (Fsp3) is 0.467. The molecule has 108 valence electrons. The SMILES string of the molecule is CCc1ccc2c(c1)nc(SC(C(=O)O)C(C)C)n2C. The third-order valence-corrected chi connectivity index (χ3v) is 4.97. The molecule has 5 heteroatoms. The molecule has 0 radical (unpaired) electrons. The zero-order valence-electron chi connectivity index (χ0n) is 12.3. The molecule has 0 amide bonds. The van der Waals surface area contributed by atoms with Gasteiger partial charge in [0.2, 0.25) is 0 Å². The summed E-state index contributed by atoms with van der Waals surface area (Å²) in [5.41, 5.74) is 3.21. The second-order valence-corrected chi connectivity index (χ2v) is 6.36. The van der Waals surface area contributed by atoms with Crippen molar-refractivity contribution in [2.24, 2.45) is 13.0 Å². The standard InChI is InChI=1S/C15H20N2O2S/c1-5-10-6-7-12-11(8-10)16-15(17(12)4)20-13(9(2)3)14(18)19/h6-9,13H,5H2,1-4H3,(H,18,19). The molecule has 0 bridgehead atoms. The average Bonchev–Trinajstić information content (AvgIpc) is 2.71. The second-order valence-electron chi connectivity index (χ2n) is 5.25. The van der Waals surface area contributed by atoms with E-state index in [4.69, 9.17) is 0 Å². The van der Waals surface area contributed by atoms with Crippen molar-refractivity contribution in [2.45, 2.75) is 37.6 Å². The number of hydrogen-bond donors (Lipinski definition) is 1. The number of carboxylic acids is 1. The zero-order valence-corrected chi connectivity index (χ0v) is 13.1. The summed E-state index contributed by atoms with van der Waals surface area (Å²) in [7, 11) is 1.93. The van der Waals surface area contributed by atoms with Crippen LogP contribution in [0, 0.1) is 5.92 Å². The highest BCUT2D eigenvalue weighted by Gasteiger charge is 2.25. The minimum absolute atomic E-state index is 0.0588. The van der Waals surface area contributed by atoms with Crippen LogP contribution in [0.15, 0.2) is 23.4 Å². The average molecular weight is 292 g/mol. The van der Waals surface area contributed by atoms with Gasteiger partial charge in [-0.2, -0.15) is 0 Å². The van der Waals surface area contributed by atoms with E-state index in [-0.39, 0.29) is 5.92 Å². The number of fused-ring (bicyclic) bond motifs is 1. The van der Waals surface area contributed by atoms with Crippen LogP contribution in [0.4, 0.5) is 0 Å². The Morgan fingerprint density at radius 1 is 1.45 bits per heavy atom. The largest absolute Gasteiger partial charge is 0.480 e. The molecular weight excluding hydrogens is 272 g/mol. The van der Waals surface area contributed by atoms with Gasteiger partial charge >= 0.3 is 5.97 Å². The van der Waals surface area contributed by atoms with Gasteiger partial charge in [0.1, 0.15) is 5.25 Å². The molecular formula is C15H20N2O2S. The molecule has 0 aliphatic carbocycles. The summed E-state index contributed by atoms with van der Waals surface area (Å²) in [6.45, 7) is 5.95. The first-order valence-corrected chi connectivity index (χ1v) is 7.66. The number of aromatic nitrogens is 2. The van der Waals surface area contributed by atoms with Crippen LogP contribution in [-0.2, 0) is 18.3 Å². The van der Waals surface area contributed by atoms with Gasteiger partial charge < -0.3 is 9.67 Å². The summed E-state index contributed by atoms with van der Waals surface area (Å²) in [4.78, 5) is 15.9. The number of carbonyl (C=O) groups is 1. The number of nitrogens with zero attached hydrogens (tertiary/aromatic N) is 2. The maximum absolute atomic E-state index is 11.3. The summed E-state index contributed by atoms with van der Waals surface area (Å²) in [5, 5.41) is 9.58. The summed E-state index contributed by atoms with van der Waals surface area (Å²) in [5.74, 6) is -0.727. The van der Waals surface area contributed by atoms with Gasteiger partial charge in [-0.3, -0.25) is 4.79 Å². The third kappa shape index (κ3) is 2.82. The molecule has 1 atom stereocenters. The molecule has 0 aliphatic rings. The van der Waals surface area contributed by atoms with Crippen molar-refractivity contribution < 1.29 is 9.90 Å². The molecule has 2 aromatic rings. The Morgan fingerprint density at radius 2 is 2.15 bits per heavy atom. The molecule has 0 fully saturated rings. The molecule has 1 heterocycles. The first-order valence-electron chi connectivity index (χ1n) is 6.78. The quantitative estimate of drug-likeness (QED) is 0.859. The predicted molar refractivity (Wildman–Crippen MR) is 82.2 cm³/mol. The lowest BCUT2D eigenvalue weighted by atomic mass is 10.1. The Kier molecular flexibility index (Phi) is 4.38. The highest BCUT2D eigenvalue weighted by atomic mass is 32.2. The molecule has 1 aromatic carbocycles. The Labute approximate surface area is 123 Å². The number of benzene rings is 1. The Balaban J connectivity index is 2.39. The summed E-state index contributed by atoms with van der Waals surface area (Å²) >= 11 is 1.32. The number of rotatable bonds is 5. The van der Waals surface area contributed by atoms with Crippen molar-refractivity contribution in [3.63, 3.8) is 0 Å². The van der Waals surface area contributed by atoms with E-state index in [1.807, 2.05) is 25.5 Å². The van der Waals surface area contributed by atoms with Crippen LogP contribution in [0.1, 0.15) is 26.3 Å². The van der Waals surface area contributed by atoms with Crippen molar-refractivity contribution in [3.05, 3.63) is 23.8 Å². The monoisotopic (exact) mass is 292 g/mol. The molecule has 4 nitrogen and oxygen atoms in total. The fourth-order valence-electron chi connectivity index (χ4n) is 2.13. The van der Waals surface area contributed by atoms with Gasteiger partial charge in [0.15, 0.2) is 5.16 Å². The minimum Gasteiger partial charge on any atom is -0.480 e. The topological polar surface area (TPSA) is 55.1 Å². The van der Waals surface area contributed by atoms with Crippen LogP contribution < -0.4 is 0 Å². The van der Waals surface area contributed by atoms with Crippen molar-refractivity contribution >= 4 is 28.8 Å². The minimum atomic E-state index is -0.786. The van der Waals surface area contributed by atoms with Crippen molar-refractivity contribution in [1.82, 2.24) is 9.55 Å². The van der Waals surface area contributed by atoms with E-state index in [9.17, 15) is 9.90 Å². The van der Waals surface area contributed by atoms with Gasteiger partial charge in [-0.05, 0) is 30.0 Å². The summed E-state index contributed by atoms with van der Waals surface area (Å²) in [6, 6.07) is 6.22. The van der Waals surface area contributed by atoms with Crippen LogP contribution in [-0.4, -0.2) is 25.9 Å². The molecule has 0 saturated heterocycles. The van der Waals surface area contributed by atoms with Gasteiger partial charge in [0.25, 0.3) is 0 Å². The number of hydrogen-bond acceptors (Lipinski definition) is 3. The van der Waals surface area contributed by atoms with E-state index >= 15 is 0 Å². The lowest BCUT2D eigenvalue weighted by molar-refractivity contribution is -0.137. The first-order chi connectivity index (χ1) is 9.43. The van der Waals surface area contributed by atoms with Gasteiger partial charge in [-0.15, -0.1) is 0 Å². The molecule has 1 unspecified atom stereocenters. The Morgan fingerprint density at radius 3 is 2.70 bits per heavy atom. The molecule has 0 spiro atoms. The number of imidazole rings is 1. The number of thioether (sulfide) groups is 1. The van der Waals surface area contributed by atoms with Crippen LogP contribution >= 0.6 is 11.8 Å². The first kappa shape index (κ1) is 14.9. The van der Waals surface area contributed by atoms with E-state index in [0.29, 0.717) is 0 Å². The maximum atomic E-state index is 11.3. The molecule has 1 N–H and O–H groups in total. The predicted octanol–water partition coefficient (Wildman–Crippen LogP) is 3.34. The van der Waals surface area contributed by atoms with Gasteiger partial charge in [0, 0.05) is 7.05 Å². The molecule has 0 aliphatic heterocycles. The Hall–Kier alpha value is -1.49. The Bertz CT molecular complexity index is 634. The van der Waals surface area contributed by atoms with Crippen LogP contribution in [0.2, 0.25) is 0 Å². The number of carboxylic acid groups (broad SMARTS) is 1. The van der Waals surface area contributed by atoms with Crippen LogP contribution in [0.25, 0.3) is 11.0 Å². The molecule has 0 saturated carbocycles. The number of aliphatic carboxylic acids is 1. The second kappa shape index (κ2) is 5.87. The lowest BCUT2D eigenvalue weighted by Crippen LogP contribution is -2.22. The van der Waals surface area contributed by atoms with Crippen LogP contribution in [0.5, 0.6) is 0 Å². The highest BCUT2D eigenvalue weighted by Crippen LogP contribution is 2.30. The van der Waals surface area contributed by atoms with E-state index < -0.39 is 11.2 Å². The summed E-state index contributed by atoms with van der Waals surface area (Å²) in [6.07, 6.45) is 0.971. The maximum Gasteiger partial charge on any atom is 0.317 e. The van der Waals surface area contributed by atoms with Crippen molar-refractivity contribution in [1.29, 1.82) is 0 Å². The van der Waals surface area contributed by atoms with Gasteiger partial charge in [0.05, 0.1) is 11.0 Å². The van der Waals surface area contributed by atoms with E-state index in [0.717, 1.165) is 22.6 Å². The van der Waals surface area contributed by atoms with Gasteiger partial charge in [-0.25, -0.2) is 4.98 Å². The number of aryl methyl sites for hydroxylation is 2. The van der Waals surface area contributed by atoms with Crippen molar-refractivity contribution in [3.8, 4) is 0 Å². The molecule has 1 aromatic heterocycles. The van der Waals surface area contributed by atoms with E-state index in [2.05, 4.69) is 30.1 Å². The lowest BCUT2D eigenvalue weighted by Gasteiger charge is -2.14. The zero-order chi connectivity index (χ0) is 14.9. The van der Waals surface area contributed by atoms with Gasteiger partial charge in [-0.1, -0.05) is 38.6 Å². The van der Waals surface area contributed by atoms with Crippen LogP contribution in [0.3, 0.4) is 0 Å².